The Hall–Kier alpha value is -2.73. The van der Waals surface area contributed by atoms with Gasteiger partial charge in [0.1, 0.15) is 6.42 Å². The maximum atomic E-state index is 11.9. The normalized spacial score (nSPS) is 10.5. The van der Waals surface area contributed by atoms with Crippen LogP contribution in [0.3, 0.4) is 0 Å². The number of rotatable bonds is 5. The smallest absolute Gasteiger partial charge is 0.247 e. The van der Waals surface area contributed by atoms with Crippen molar-refractivity contribution in [3.8, 4) is 11.5 Å². The second kappa shape index (κ2) is 7.02. The molecule has 1 aromatic carbocycles. The fourth-order valence-corrected chi connectivity index (χ4v) is 2.20. The quantitative estimate of drug-likeness (QED) is 0.778. The van der Waals surface area contributed by atoms with Gasteiger partial charge in [0.05, 0.1) is 0 Å². The fourth-order valence-electron chi connectivity index (χ4n) is 1.98. The van der Waals surface area contributed by atoms with E-state index in [2.05, 4.69) is 20.5 Å². The molecular weight excluding hydrogens is 316 g/mol. The van der Waals surface area contributed by atoms with Crippen LogP contribution in [0.4, 0.5) is 0 Å². The Labute approximate surface area is 137 Å². The Kier molecular flexibility index (Phi) is 4.63. The fraction of sp³-hybridized carbons (Fsp3) is 0.125. The van der Waals surface area contributed by atoms with Crippen molar-refractivity contribution < 1.29 is 9.21 Å². The second-order valence-electron chi connectivity index (χ2n) is 4.82. The zero-order valence-electron chi connectivity index (χ0n) is 12.1. The van der Waals surface area contributed by atoms with Gasteiger partial charge in [-0.1, -0.05) is 23.7 Å². The maximum Gasteiger partial charge on any atom is 0.247 e. The zero-order chi connectivity index (χ0) is 16.1. The highest BCUT2D eigenvalue weighted by Gasteiger charge is 2.12. The van der Waals surface area contributed by atoms with E-state index in [0.29, 0.717) is 17.5 Å². The molecule has 0 aliphatic rings. The van der Waals surface area contributed by atoms with E-state index in [1.165, 1.54) is 0 Å². The van der Waals surface area contributed by atoms with Crippen molar-refractivity contribution in [3.63, 3.8) is 0 Å². The lowest BCUT2D eigenvalue weighted by Gasteiger charge is -2.04. The van der Waals surface area contributed by atoms with Gasteiger partial charge in [-0.05, 0) is 29.8 Å². The van der Waals surface area contributed by atoms with Crippen molar-refractivity contribution in [1.82, 2.24) is 20.5 Å². The number of carbonyl (C=O) groups excluding carboxylic acids is 1. The number of carbonyl (C=O) groups is 1. The van der Waals surface area contributed by atoms with Crippen LogP contribution in [0, 0.1) is 0 Å². The highest BCUT2D eigenvalue weighted by molar-refractivity contribution is 6.30. The van der Waals surface area contributed by atoms with Gasteiger partial charge in [0.25, 0.3) is 0 Å². The number of halogens is 1. The third-order valence-electron chi connectivity index (χ3n) is 3.08. The highest BCUT2D eigenvalue weighted by Crippen LogP contribution is 2.16. The molecule has 7 heteroatoms. The van der Waals surface area contributed by atoms with Crippen LogP contribution >= 0.6 is 11.6 Å². The minimum Gasteiger partial charge on any atom is -0.420 e. The van der Waals surface area contributed by atoms with Gasteiger partial charge >= 0.3 is 0 Å². The minimum absolute atomic E-state index is 0.0264. The summed E-state index contributed by atoms with van der Waals surface area (Å²) in [5.74, 6) is 0.431. The molecule has 2 heterocycles. The zero-order valence-corrected chi connectivity index (χ0v) is 12.8. The van der Waals surface area contributed by atoms with Gasteiger partial charge in [0.2, 0.25) is 17.7 Å². The Morgan fingerprint density at radius 3 is 2.78 bits per heavy atom. The van der Waals surface area contributed by atoms with Crippen molar-refractivity contribution in [2.75, 3.05) is 0 Å². The summed E-state index contributed by atoms with van der Waals surface area (Å²) in [7, 11) is 0. The van der Waals surface area contributed by atoms with Crippen molar-refractivity contribution in [2.24, 2.45) is 0 Å². The number of nitrogens with one attached hydrogen (secondary N) is 1. The summed E-state index contributed by atoms with van der Waals surface area (Å²) in [6.07, 6.45) is 3.30. The SMILES string of the molecule is O=C(Cc1nnc(-c2ccncc2)o1)NCc1cccc(Cl)c1. The number of amides is 1. The first-order valence-electron chi connectivity index (χ1n) is 6.94. The van der Waals surface area contributed by atoms with Crippen molar-refractivity contribution in [1.29, 1.82) is 0 Å². The summed E-state index contributed by atoms with van der Waals surface area (Å²) in [5.41, 5.74) is 1.69. The predicted octanol–water partition coefficient (Wildman–Crippen LogP) is 2.64. The van der Waals surface area contributed by atoms with Crippen LogP contribution in [0.5, 0.6) is 0 Å². The summed E-state index contributed by atoms with van der Waals surface area (Å²) in [6, 6.07) is 10.8. The van der Waals surface area contributed by atoms with E-state index in [4.69, 9.17) is 16.0 Å². The van der Waals surface area contributed by atoms with Crippen LogP contribution < -0.4 is 5.32 Å². The van der Waals surface area contributed by atoms with Gasteiger partial charge in [-0.15, -0.1) is 10.2 Å². The standard InChI is InChI=1S/C16H13ClN4O2/c17-13-3-1-2-11(8-13)10-19-14(22)9-15-20-21-16(23-15)12-4-6-18-7-5-12/h1-8H,9-10H2,(H,19,22). The van der Waals surface area contributed by atoms with Crippen molar-refractivity contribution in [3.05, 3.63) is 65.3 Å². The van der Waals surface area contributed by atoms with E-state index in [0.717, 1.165) is 11.1 Å². The Balaban J connectivity index is 1.57. The topological polar surface area (TPSA) is 80.9 Å². The molecular formula is C16H13ClN4O2. The lowest BCUT2D eigenvalue weighted by molar-refractivity contribution is -0.120. The van der Waals surface area contributed by atoms with Crippen LogP contribution in [-0.4, -0.2) is 21.1 Å². The lowest BCUT2D eigenvalue weighted by atomic mass is 10.2. The number of hydrogen-bond donors (Lipinski definition) is 1. The number of hydrogen-bond acceptors (Lipinski definition) is 5. The highest BCUT2D eigenvalue weighted by atomic mass is 35.5. The lowest BCUT2D eigenvalue weighted by Crippen LogP contribution is -2.24. The molecule has 0 spiro atoms. The van der Waals surface area contributed by atoms with Crippen LogP contribution in [0.25, 0.3) is 11.5 Å². The molecule has 3 rings (SSSR count). The average molecular weight is 329 g/mol. The average Bonchev–Trinajstić information content (AvgIpc) is 3.02. The predicted molar refractivity (Wildman–Crippen MR) is 84.5 cm³/mol. The molecule has 116 valence electrons. The van der Waals surface area contributed by atoms with Crippen LogP contribution in [0.2, 0.25) is 5.02 Å². The Morgan fingerprint density at radius 1 is 1.17 bits per heavy atom. The molecule has 0 atom stereocenters. The largest absolute Gasteiger partial charge is 0.420 e. The van der Waals surface area contributed by atoms with E-state index in [1.807, 2.05) is 12.1 Å². The van der Waals surface area contributed by atoms with Gasteiger partial charge in [-0.25, -0.2) is 0 Å². The molecule has 6 nitrogen and oxygen atoms in total. The van der Waals surface area contributed by atoms with Crippen LogP contribution in [-0.2, 0) is 17.8 Å². The van der Waals surface area contributed by atoms with E-state index in [9.17, 15) is 4.79 Å². The van der Waals surface area contributed by atoms with Crippen LogP contribution in [0.1, 0.15) is 11.5 Å². The maximum absolute atomic E-state index is 11.9. The summed E-state index contributed by atoms with van der Waals surface area (Å²) in [4.78, 5) is 15.9. The Morgan fingerprint density at radius 2 is 2.00 bits per heavy atom. The molecule has 0 fully saturated rings. The van der Waals surface area contributed by atoms with Crippen molar-refractivity contribution in [2.45, 2.75) is 13.0 Å². The molecule has 0 unspecified atom stereocenters. The van der Waals surface area contributed by atoms with Gasteiger partial charge in [0, 0.05) is 29.5 Å². The number of aromatic nitrogens is 3. The molecule has 0 aliphatic carbocycles. The Bertz CT molecular complexity index is 805. The third-order valence-corrected chi connectivity index (χ3v) is 3.32. The van der Waals surface area contributed by atoms with Gasteiger partial charge in [-0.2, -0.15) is 0 Å². The first kappa shape index (κ1) is 15.2. The first-order chi connectivity index (χ1) is 11.2. The molecule has 0 saturated carbocycles. The van der Waals surface area contributed by atoms with E-state index in [1.54, 1.807) is 36.7 Å². The summed E-state index contributed by atoms with van der Waals surface area (Å²) >= 11 is 5.90. The second-order valence-corrected chi connectivity index (χ2v) is 5.26. The third kappa shape index (κ3) is 4.14. The molecule has 23 heavy (non-hydrogen) atoms. The number of pyridine rings is 1. The summed E-state index contributed by atoms with van der Waals surface area (Å²) < 4.78 is 5.48. The molecule has 2 aromatic heterocycles. The molecule has 1 amide bonds. The monoisotopic (exact) mass is 328 g/mol. The molecule has 0 aliphatic heterocycles. The molecule has 0 bridgehead atoms. The van der Waals surface area contributed by atoms with Gasteiger partial charge < -0.3 is 9.73 Å². The molecule has 1 N–H and O–H groups in total. The van der Waals surface area contributed by atoms with Gasteiger partial charge in [0.15, 0.2) is 0 Å². The number of benzene rings is 1. The van der Waals surface area contributed by atoms with Crippen LogP contribution in [0.15, 0.2) is 53.2 Å². The molecule has 0 saturated heterocycles. The van der Waals surface area contributed by atoms with E-state index < -0.39 is 0 Å². The summed E-state index contributed by atoms with van der Waals surface area (Å²) in [5, 5.41) is 11.2. The number of nitrogens with zero attached hydrogens (tertiary/aromatic N) is 3. The van der Waals surface area contributed by atoms with Crippen molar-refractivity contribution >= 4 is 17.5 Å². The van der Waals surface area contributed by atoms with Gasteiger partial charge in [-0.3, -0.25) is 9.78 Å². The molecule has 0 radical (unpaired) electrons. The first-order valence-corrected chi connectivity index (χ1v) is 7.32. The van der Waals surface area contributed by atoms with E-state index in [-0.39, 0.29) is 18.2 Å². The molecule has 3 aromatic rings. The summed E-state index contributed by atoms with van der Waals surface area (Å²) in [6.45, 7) is 0.394. The van der Waals surface area contributed by atoms with E-state index >= 15 is 0 Å². The minimum atomic E-state index is -0.199.